The summed E-state index contributed by atoms with van der Waals surface area (Å²) in [6.07, 6.45) is 0.128. The minimum Gasteiger partial charge on any atom is -0.465 e. The molecule has 1 aliphatic heterocycles. The molecule has 1 aliphatic rings. The van der Waals surface area contributed by atoms with Gasteiger partial charge in [0.05, 0.1) is 25.9 Å². The molecule has 0 aliphatic carbocycles. The zero-order chi connectivity index (χ0) is 20.3. The van der Waals surface area contributed by atoms with Crippen LogP contribution >= 0.6 is 11.3 Å². The molecule has 8 heteroatoms. The molecule has 0 bridgehead atoms. The Morgan fingerprint density at radius 3 is 2.50 bits per heavy atom. The van der Waals surface area contributed by atoms with Crippen molar-refractivity contribution in [3.8, 4) is 11.1 Å². The van der Waals surface area contributed by atoms with Gasteiger partial charge in [0.15, 0.2) is 0 Å². The van der Waals surface area contributed by atoms with Gasteiger partial charge in [-0.15, -0.1) is 11.3 Å². The molecule has 1 N–H and O–H groups in total. The van der Waals surface area contributed by atoms with Crippen LogP contribution in [-0.2, 0) is 14.3 Å². The maximum Gasteiger partial charge on any atom is 0.341 e. The lowest BCUT2D eigenvalue weighted by Gasteiger charge is -2.34. The van der Waals surface area contributed by atoms with Crippen LogP contribution in [0.4, 0.5) is 9.39 Å². The van der Waals surface area contributed by atoms with E-state index in [1.165, 1.54) is 30.6 Å². The van der Waals surface area contributed by atoms with Gasteiger partial charge in [-0.05, 0) is 31.5 Å². The fourth-order valence-corrected chi connectivity index (χ4v) is 4.35. The van der Waals surface area contributed by atoms with Crippen LogP contribution in [0.3, 0.4) is 0 Å². The number of hydrogen-bond acceptors (Lipinski definition) is 6. The quantitative estimate of drug-likeness (QED) is 0.771. The highest BCUT2D eigenvalue weighted by atomic mass is 32.1. The zero-order valence-corrected chi connectivity index (χ0v) is 16.8. The van der Waals surface area contributed by atoms with E-state index in [-0.39, 0.29) is 36.0 Å². The second-order valence-electron chi connectivity index (χ2n) is 6.85. The lowest BCUT2D eigenvalue weighted by atomic mass is 10.0. The lowest BCUT2D eigenvalue weighted by Crippen LogP contribution is -2.48. The van der Waals surface area contributed by atoms with Gasteiger partial charge < -0.3 is 14.8 Å². The molecule has 0 spiro atoms. The number of nitrogens with zero attached hydrogens (tertiary/aromatic N) is 1. The average molecular weight is 406 g/mol. The van der Waals surface area contributed by atoms with Crippen LogP contribution in [0.15, 0.2) is 29.6 Å². The van der Waals surface area contributed by atoms with E-state index in [9.17, 15) is 14.0 Å². The summed E-state index contributed by atoms with van der Waals surface area (Å²) in [7, 11) is 1.29. The van der Waals surface area contributed by atoms with Gasteiger partial charge in [-0.25, -0.2) is 9.18 Å². The summed E-state index contributed by atoms with van der Waals surface area (Å²) in [5.74, 6) is -1.12. The van der Waals surface area contributed by atoms with Crippen LogP contribution in [0.25, 0.3) is 11.1 Å². The van der Waals surface area contributed by atoms with Crippen LogP contribution in [0.2, 0.25) is 0 Å². The first-order valence-corrected chi connectivity index (χ1v) is 9.88. The number of hydrogen-bond donors (Lipinski definition) is 1. The highest BCUT2D eigenvalue weighted by molar-refractivity contribution is 7.15. The van der Waals surface area contributed by atoms with Crippen molar-refractivity contribution >= 4 is 28.2 Å². The fourth-order valence-electron chi connectivity index (χ4n) is 3.38. The Bertz CT molecular complexity index is 842. The maximum atomic E-state index is 13.2. The third-order valence-corrected chi connectivity index (χ3v) is 5.35. The Kier molecular flexibility index (Phi) is 6.43. The molecule has 1 fully saturated rings. The van der Waals surface area contributed by atoms with Gasteiger partial charge in [-0.1, -0.05) is 12.1 Å². The van der Waals surface area contributed by atoms with E-state index in [4.69, 9.17) is 9.47 Å². The molecule has 150 valence electrons. The van der Waals surface area contributed by atoms with Gasteiger partial charge in [0.2, 0.25) is 5.91 Å². The minimum atomic E-state index is -0.551. The number of ether oxygens (including phenoxy) is 2. The van der Waals surface area contributed by atoms with Gasteiger partial charge in [-0.3, -0.25) is 9.69 Å². The van der Waals surface area contributed by atoms with E-state index in [1.807, 2.05) is 18.7 Å². The van der Waals surface area contributed by atoms with Crippen molar-refractivity contribution < 1.29 is 23.5 Å². The van der Waals surface area contributed by atoms with Crippen LogP contribution in [0.1, 0.15) is 24.2 Å². The molecule has 1 aromatic carbocycles. The Balaban J connectivity index is 1.78. The lowest BCUT2D eigenvalue weighted by molar-refractivity contribution is -0.121. The molecule has 0 saturated carbocycles. The first-order valence-electron chi connectivity index (χ1n) is 9.00. The summed E-state index contributed by atoms with van der Waals surface area (Å²) in [6.45, 7) is 5.51. The summed E-state index contributed by atoms with van der Waals surface area (Å²) in [6, 6.07) is 5.83. The predicted octanol–water partition coefficient (Wildman–Crippen LogP) is 3.39. The van der Waals surface area contributed by atoms with Crippen molar-refractivity contribution in [2.24, 2.45) is 0 Å². The van der Waals surface area contributed by atoms with Gasteiger partial charge >= 0.3 is 5.97 Å². The largest absolute Gasteiger partial charge is 0.465 e. The topological polar surface area (TPSA) is 67.9 Å². The number of amides is 1. The molecule has 2 atom stereocenters. The molecular weight excluding hydrogens is 383 g/mol. The number of anilines is 1. The second-order valence-corrected chi connectivity index (χ2v) is 7.73. The molecular formula is C20H23FN2O4S. The van der Waals surface area contributed by atoms with Crippen molar-refractivity contribution in [3.05, 3.63) is 41.0 Å². The van der Waals surface area contributed by atoms with Crippen molar-refractivity contribution in [1.29, 1.82) is 0 Å². The van der Waals surface area contributed by atoms with E-state index in [0.717, 1.165) is 0 Å². The number of carbonyl (C=O) groups is 2. The highest BCUT2D eigenvalue weighted by Gasteiger charge is 2.26. The Labute approximate surface area is 167 Å². The van der Waals surface area contributed by atoms with Crippen LogP contribution < -0.4 is 5.32 Å². The van der Waals surface area contributed by atoms with E-state index >= 15 is 0 Å². The number of benzene rings is 1. The Morgan fingerprint density at radius 2 is 1.89 bits per heavy atom. The van der Waals surface area contributed by atoms with Gasteiger partial charge in [0.25, 0.3) is 0 Å². The number of methoxy groups -OCH3 is 1. The van der Waals surface area contributed by atoms with Gasteiger partial charge in [0.1, 0.15) is 16.4 Å². The first-order chi connectivity index (χ1) is 13.4. The fraction of sp³-hybridized carbons (Fsp3) is 0.400. The molecule has 2 aromatic rings. The van der Waals surface area contributed by atoms with Crippen molar-refractivity contribution in [2.45, 2.75) is 26.1 Å². The monoisotopic (exact) mass is 406 g/mol. The van der Waals surface area contributed by atoms with Crippen LogP contribution in [0.5, 0.6) is 0 Å². The molecule has 2 heterocycles. The van der Waals surface area contributed by atoms with E-state index in [0.29, 0.717) is 29.2 Å². The summed E-state index contributed by atoms with van der Waals surface area (Å²) < 4.78 is 23.8. The van der Waals surface area contributed by atoms with Crippen molar-refractivity contribution in [2.75, 3.05) is 32.1 Å². The van der Waals surface area contributed by atoms with Gasteiger partial charge in [0, 0.05) is 24.0 Å². The summed E-state index contributed by atoms with van der Waals surface area (Å²) >= 11 is 1.24. The zero-order valence-electron chi connectivity index (χ0n) is 16.0. The molecule has 28 heavy (non-hydrogen) atoms. The van der Waals surface area contributed by atoms with Crippen molar-refractivity contribution in [1.82, 2.24) is 4.90 Å². The average Bonchev–Trinajstić information content (AvgIpc) is 3.04. The Hall–Kier alpha value is -2.29. The van der Waals surface area contributed by atoms with Crippen LogP contribution in [-0.4, -0.2) is 55.7 Å². The smallest absolute Gasteiger partial charge is 0.341 e. The Morgan fingerprint density at radius 1 is 1.25 bits per heavy atom. The molecule has 0 unspecified atom stereocenters. The number of morpholine rings is 1. The standard InChI is InChI=1S/C20H23FN2O4S/c1-12-8-23(9-13(2)27-12)10-17(24)22-19-18(20(25)26-3)16(11-28-19)14-4-6-15(21)7-5-14/h4-7,11-13H,8-10H2,1-3H3,(H,22,24)/t12-,13-/m0/s1. The molecule has 1 aromatic heterocycles. The van der Waals surface area contributed by atoms with E-state index in [1.54, 1.807) is 17.5 Å². The maximum absolute atomic E-state index is 13.2. The SMILES string of the molecule is COC(=O)c1c(-c2ccc(F)cc2)csc1NC(=O)CN1C[C@H](C)O[C@@H](C)C1. The minimum absolute atomic E-state index is 0.0639. The third-order valence-electron chi connectivity index (χ3n) is 4.45. The van der Waals surface area contributed by atoms with E-state index < -0.39 is 5.97 Å². The number of rotatable bonds is 5. The summed E-state index contributed by atoms with van der Waals surface area (Å²) in [5.41, 5.74) is 1.55. The molecule has 1 amide bonds. The molecule has 3 rings (SSSR count). The molecule has 0 radical (unpaired) electrons. The highest BCUT2D eigenvalue weighted by Crippen LogP contribution is 2.36. The van der Waals surface area contributed by atoms with Gasteiger partial charge in [-0.2, -0.15) is 0 Å². The number of nitrogens with one attached hydrogen (secondary N) is 1. The number of carbonyl (C=O) groups excluding carboxylic acids is 2. The molecule has 6 nitrogen and oxygen atoms in total. The summed E-state index contributed by atoms with van der Waals surface area (Å²) in [5, 5.41) is 5.01. The van der Waals surface area contributed by atoms with Crippen molar-refractivity contribution in [3.63, 3.8) is 0 Å². The number of thiophene rings is 1. The van der Waals surface area contributed by atoms with Crippen LogP contribution in [0, 0.1) is 5.82 Å². The predicted molar refractivity (Wildman–Crippen MR) is 106 cm³/mol. The third kappa shape index (κ3) is 4.76. The second kappa shape index (κ2) is 8.81. The first kappa shape index (κ1) is 20.4. The molecule has 1 saturated heterocycles. The normalized spacial score (nSPS) is 20.0. The summed E-state index contributed by atoms with van der Waals surface area (Å²) in [4.78, 5) is 26.9. The number of esters is 1. The van der Waals surface area contributed by atoms with E-state index in [2.05, 4.69) is 5.32 Å². The number of halogens is 1.